The van der Waals surface area contributed by atoms with Gasteiger partial charge in [0.15, 0.2) is 4.34 Å². The quantitative estimate of drug-likeness (QED) is 0.382. The monoisotopic (exact) mass is 429 g/mol. The van der Waals surface area contributed by atoms with Gasteiger partial charge in [0.2, 0.25) is 11.0 Å². The second kappa shape index (κ2) is 10.3. The van der Waals surface area contributed by atoms with Gasteiger partial charge in [0.1, 0.15) is 11.5 Å². The van der Waals surface area contributed by atoms with Gasteiger partial charge in [-0.15, -0.1) is 10.2 Å². The van der Waals surface area contributed by atoms with Crippen molar-refractivity contribution >= 4 is 34.1 Å². The fourth-order valence-electron chi connectivity index (χ4n) is 2.86. The number of nitrogens with zero attached hydrogens (tertiary/aromatic N) is 2. The summed E-state index contributed by atoms with van der Waals surface area (Å²) >= 11 is 2.92. The Morgan fingerprint density at radius 3 is 2.41 bits per heavy atom. The van der Waals surface area contributed by atoms with Crippen LogP contribution in [0.25, 0.3) is 0 Å². The first-order valence-corrected chi connectivity index (χ1v) is 11.0. The van der Waals surface area contributed by atoms with Crippen LogP contribution in [0.3, 0.4) is 0 Å². The van der Waals surface area contributed by atoms with Crippen molar-refractivity contribution in [3.05, 3.63) is 59.7 Å². The van der Waals surface area contributed by atoms with Crippen molar-refractivity contribution in [1.82, 2.24) is 10.2 Å². The Bertz CT molecular complexity index is 925. The highest BCUT2D eigenvalue weighted by Crippen LogP contribution is 2.32. The molecule has 0 saturated heterocycles. The van der Waals surface area contributed by atoms with Gasteiger partial charge in [0.05, 0.1) is 20.1 Å². The molecule has 3 aromatic rings. The van der Waals surface area contributed by atoms with Crippen molar-refractivity contribution in [3.8, 4) is 11.5 Å². The van der Waals surface area contributed by atoms with Crippen molar-refractivity contribution in [3.63, 3.8) is 0 Å². The summed E-state index contributed by atoms with van der Waals surface area (Å²) in [6, 6.07) is 15.5. The summed E-state index contributed by atoms with van der Waals surface area (Å²) in [7, 11) is 3.26. The normalized spacial score (nSPS) is 11.7. The lowest BCUT2D eigenvalue weighted by atomic mass is 9.96. The van der Waals surface area contributed by atoms with Gasteiger partial charge < -0.3 is 9.47 Å². The first kappa shape index (κ1) is 21.1. The fraction of sp³-hybridized carbons (Fsp3) is 0.286. The second-order valence-electron chi connectivity index (χ2n) is 6.24. The number of rotatable bonds is 9. The molecule has 0 aliphatic heterocycles. The van der Waals surface area contributed by atoms with Gasteiger partial charge in [-0.3, -0.25) is 10.1 Å². The number of aromatic nitrogens is 2. The summed E-state index contributed by atoms with van der Waals surface area (Å²) in [5.41, 5.74) is 2.06. The first-order chi connectivity index (χ1) is 14.1. The average molecular weight is 430 g/mol. The number of benzene rings is 2. The molecule has 0 aliphatic rings. The molecule has 29 heavy (non-hydrogen) atoms. The van der Waals surface area contributed by atoms with E-state index < -0.39 is 0 Å². The van der Waals surface area contributed by atoms with Crippen molar-refractivity contribution in [2.75, 3.05) is 19.5 Å². The number of carbonyl (C=O) groups is 1. The van der Waals surface area contributed by atoms with Gasteiger partial charge >= 0.3 is 0 Å². The fourth-order valence-corrected chi connectivity index (χ4v) is 4.55. The highest BCUT2D eigenvalue weighted by molar-refractivity contribution is 8.00. The Labute approximate surface area is 178 Å². The molecule has 8 heteroatoms. The SMILES string of the molecule is CCC(C(=O)Nc1nnc(SCc2cc(OC)cc(OC)c2)s1)c1ccccc1. The van der Waals surface area contributed by atoms with E-state index in [1.165, 1.54) is 11.3 Å². The number of carbonyl (C=O) groups excluding carboxylic acids is 1. The number of thioether (sulfide) groups is 1. The highest BCUT2D eigenvalue weighted by Gasteiger charge is 2.20. The molecule has 3 rings (SSSR count). The zero-order valence-electron chi connectivity index (χ0n) is 16.5. The van der Waals surface area contributed by atoms with Crippen LogP contribution in [0.4, 0.5) is 5.13 Å². The van der Waals surface area contributed by atoms with Crippen LogP contribution < -0.4 is 14.8 Å². The van der Waals surface area contributed by atoms with Gasteiger partial charge in [-0.1, -0.05) is 60.4 Å². The van der Waals surface area contributed by atoms with Crippen molar-refractivity contribution in [2.24, 2.45) is 0 Å². The van der Waals surface area contributed by atoms with E-state index >= 15 is 0 Å². The molecule has 152 valence electrons. The Balaban J connectivity index is 1.61. The number of amides is 1. The Hall–Kier alpha value is -2.58. The molecule has 1 heterocycles. The lowest BCUT2D eigenvalue weighted by Gasteiger charge is -2.13. The Morgan fingerprint density at radius 1 is 1.10 bits per heavy atom. The molecule has 0 radical (unpaired) electrons. The van der Waals surface area contributed by atoms with E-state index in [2.05, 4.69) is 15.5 Å². The maximum atomic E-state index is 12.7. The largest absolute Gasteiger partial charge is 0.497 e. The number of ether oxygens (including phenoxy) is 2. The van der Waals surface area contributed by atoms with Crippen LogP contribution in [0.5, 0.6) is 11.5 Å². The summed E-state index contributed by atoms with van der Waals surface area (Å²) in [5, 5.41) is 11.7. The molecule has 1 unspecified atom stereocenters. The molecule has 6 nitrogen and oxygen atoms in total. The summed E-state index contributed by atoms with van der Waals surface area (Å²) in [6.45, 7) is 2.00. The van der Waals surface area contributed by atoms with Crippen LogP contribution in [0.2, 0.25) is 0 Å². The molecular weight excluding hydrogens is 406 g/mol. The first-order valence-electron chi connectivity index (χ1n) is 9.17. The van der Waals surface area contributed by atoms with Crippen molar-refractivity contribution in [2.45, 2.75) is 29.4 Å². The van der Waals surface area contributed by atoms with Gasteiger partial charge in [0, 0.05) is 11.8 Å². The van der Waals surface area contributed by atoms with E-state index in [0.717, 1.165) is 27.0 Å². The second-order valence-corrected chi connectivity index (χ2v) is 8.44. The summed E-state index contributed by atoms with van der Waals surface area (Å²) in [6.07, 6.45) is 0.716. The number of hydrogen-bond donors (Lipinski definition) is 1. The predicted octanol–water partition coefficient (Wildman–Crippen LogP) is 4.98. The summed E-state index contributed by atoms with van der Waals surface area (Å²) < 4.78 is 11.4. The molecule has 2 aromatic carbocycles. The molecule has 0 saturated carbocycles. The van der Waals surface area contributed by atoms with Crippen LogP contribution in [-0.4, -0.2) is 30.3 Å². The third kappa shape index (κ3) is 5.71. The Morgan fingerprint density at radius 2 is 1.79 bits per heavy atom. The highest BCUT2D eigenvalue weighted by atomic mass is 32.2. The number of hydrogen-bond acceptors (Lipinski definition) is 7. The topological polar surface area (TPSA) is 73.3 Å². The smallest absolute Gasteiger partial charge is 0.233 e. The van der Waals surface area contributed by atoms with E-state index in [1.807, 2.05) is 55.5 Å². The molecule has 0 aliphatic carbocycles. The third-order valence-electron chi connectivity index (χ3n) is 4.34. The summed E-state index contributed by atoms with van der Waals surface area (Å²) in [5.74, 6) is 1.91. The van der Waals surface area contributed by atoms with E-state index in [1.54, 1.807) is 26.0 Å². The van der Waals surface area contributed by atoms with Gasteiger partial charge in [0.25, 0.3) is 0 Å². The van der Waals surface area contributed by atoms with Gasteiger partial charge in [-0.2, -0.15) is 0 Å². The standard InChI is InChI=1S/C21H23N3O3S2/c1-4-18(15-8-6-5-7-9-15)19(25)22-20-23-24-21(29-20)28-13-14-10-16(26-2)12-17(11-14)27-3/h5-12,18H,4,13H2,1-3H3,(H,22,23,25). The molecular formula is C21H23N3O3S2. The van der Waals surface area contributed by atoms with Crippen LogP contribution in [0, 0.1) is 0 Å². The zero-order chi connectivity index (χ0) is 20.6. The van der Waals surface area contributed by atoms with E-state index in [4.69, 9.17) is 9.47 Å². The molecule has 1 aromatic heterocycles. The maximum Gasteiger partial charge on any atom is 0.233 e. The minimum absolute atomic E-state index is 0.0658. The predicted molar refractivity (Wildman–Crippen MR) is 117 cm³/mol. The number of anilines is 1. The molecule has 1 atom stereocenters. The number of nitrogens with one attached hydrogen (secondary N) is 1. The van der Waals surface area contributed by atoms with Crippen LogP contribution in [-0.2, 0) is 10.5 Å². The molecule has 1 N–H and O–H groups in total. The van der Waals surface area contributed by atoms with Crippen molar-refractivity contribution < 1.29 is 14.3 Å². The van der Waals surface area contributed by atoms with Crippen LogP contribution >= 0.6 is 23.1 Å². The van der Waals surface area contributed by atoms with Gasteiger partial charge in [-0.05, 0) is 29.7 Å². The minimum atomic E-state index is -0.208. The van der Waals surface area contributed by atoms with Crippen molar-refractivity contribution in [1.29, 1.82) is 0 Å². The van der Waals surface area contributed by atoms with Gasteiger partial charge in [-0.25, -0.2) is 0 Å². The molecule has 0 bridgehead atoms. The third-order valence-corrected chi connectivity index (χ3v) is 6.38. The number of methoxy groups -OCH3 is 2. The van der Waals surface area contributed by atoms with Crippen LogP contribution in [0.15, 0.2) is 52.9 Å². The molecule has 0 fully saturated rings. The van der Waals surface area contributed by atoms with E-state index in [0.29, 0.717) is 17.3 Å². The van der Waals surface area contributed by atoms with Crippen LogP contribution in [0.1, 0.15) is 30.4 Å². The Kier molecular flexibility index (Phi) is 7.48. The summed E-state index contributed by atoms with van der Waals surface area (Å²) in [4.78, 5) is 12.7. The lowest BCUT2D eigenvalue weighted by molar-refractivity contribution is -0.117. The molecule has 1 amide bonds. The minimum Gasteiger partial charge on any atom is -0.497 e. The molecule has 0 spiro atoms. The zero-order valence-corrected chi connectivity index (χ0v) is 18.2. The lowest BCUT2D eigenvalue weighted by Crippen LogP contribution is -2.20. The maximum absolute atomic E-state index is 12.7. The average Bonchev–Trinajstić information content (AvgIpc) is 3.20. The van der Waals surface area contributed by atoms with E-state index in [-0.39, 0.29) is 11.8 Å². The van der Waals surface area contributed by atoms with E-state index in [9.17, 15) is 4.79 Å².